The number of rotatable bonds is 8. The Hall–Kier alpha value is -3.74. The van der Waals surface area contributed by atoms with Gasteiger partial charge in [0.1, 0.15) is 23.7 Å². The largest absolute Gasteiger partial charge is 0.496 e. The fourth-order valence-electron chi connectivity index (χ4n) is 4.33. The van der Waals surface area contributed by atoms with Crippen LogP contribution in [0, 0.1) is 6.92 Å². The standard InChI is InChI=1S/C26H28N2O5/c1-15(9-11-22(29)28-21-7-5-6-20-17(21)12-13-27-20)8-10-18-24(31-3)16(2)19-14-33-26(30)23(19)25(18)32-4/h5-8,12-13,27H,9-11,14H2,1-4H3,(H,28,29). The molecule has 33 heavy (non-hydrogen) atoms. The second-order valence-corrected chi connectivity index (χ2v) is 8.15. The Morgan fingerprint density at radius 3 is 2.73 bits per heavy atom. The summed E-state index contributed by atoms with van der Waals surface area (Å²) >= 11 is 0. The van der Waals surface area contributed by atoms with E-state index >= 15 is 0 Å². The van der Waals surface area contributed by atoms with Crippen molar-refractivity contribution in [3.05, 3.63) is 64.4 Å². The number of carbonyl (C=O) groups is 2. The van der Waals surface area contributed by atoms with Gasteiger partial charge in [-0.1, -0.05) is 17.7 Å². The fraction of sp³-hybridized carbons (Fsp3) is 0.308. The molecule has 0 saturated heterocycles. The minimum atomic E-state index is -0.372. The number of ether oxygens (including phenoxy) is 3. The quantitative estimate of drug-likeness (QED) is 0.371. The van der Waals surface area contributed by atoms with Gasteiger partial charge in [0.05, 0.1) is 19.9 Å². The van der Waals surface area contributed by atoms with Crippen LogP contribution in [0.3, 0.4) is 0 Å². The molecule has 3 aromatic rings. The number of fused-ring (bicyclic) bond motifs is 2. The molecular formula is C26H28N2O5. The lowest BCUT2D eigenvalue weighted by Crippen LogP contribution is -2.11. The summed E-state index contributed by atoms with van der Waals surface area (Å²) in [7, 11) is 3.16. The van der Waals surface area contributed by atoms with Crippen LogP contribution < -0.4 is 14.8 Å². The van der Waals surface area contributed by atoms with Gasteiger partial charge in [0.15, 0.2) is 0 Å². The van der Waals surface area contributed by atoms with Crippen molar-refractivity contribution in [3.63, 3.8) is 0 Å². The minimum Gasteiger partial charge on any atom is -0.496 e. The molecule has 1 amide bonds. The lowest BCUT2D eigenvalue weighted by Gasteiger charge is -2.18. The molecule has 1 aliphatic rings. The third-order valence-electron chi connectivity index (χ3n) is 6.10. The van der Waals surface area contributed by atoms with Crippen molar-refractivity contribution in [3.8, 4) is 11.5 Å². The zero-order valence-electron chi connectivity index (χ0n) is 19.3. The van der Waals surface area contributed by atoms with E-state index in [-0.39, 0.29) is 18.5 Å². The molecule has 0 radical (unpaired) electrons. The maximum atomic E-state index is 12.5. The van der Waals surface area contributed by atoms with Crippen molar-refractivity contribution in [2.45, 2.75) is 39.7 Å². The first-order valence-electron chi connectivity index (χ1n) is 10.9. The van der Waals surface area contributed by atoms with Crippen LogP contribution in [0.5, 0.6) is 11.5 Å². The summed E-state index contributed by atoms with van der Waals surface area (Å²) in [5.41, 5.74) is 5.84. The highest BCUT2D eigenvalue weighted by atomic mass is 16.5. The van der Waals surface area contributed by atoms with E-state index in [1.807, 2.05) is 50.4 Å². The maximum absolute atomic E-state index is 12.5. The Labute approximate surface area is 192 Å². The van der Waals surface area contributed by atoms with Gasteiger partial charge in [-0.2, -0.15) is 0 Å². The van der Waals surface area contributed by atoms with Crippen LogP contribution >= 0.6 is 0 Å². The molecule has 0 bridgehead atoms. The number of aromatic nitrogens is 1. The smallest absolute Gasteiger partial charge is 0.342 e. The number of aromatic amines is 1. The molecule has 0 aliphatic carbocycles. The van der Waals surface area contributed by atoms with Gasteiger partial charge >= 0.3 is 5.97 Å². The summed E-state index contributed by atoms with van der Waals surface area (Å²) < 4.78 is 16.5. The summed E-state index contributed by atoms with van der Waals surface area (Å²) in [5.74, 6) is 0.785. The first-order chi connectivity index (χ1) is 15.9. The van der Waals surface area contributed by atoms with E-state index in [0.29, 0.717) is 36.3 Å². The average Bonchev–Trinajstić information content (AvgIpc) is 3.44. The van der Waals surface area contributed by atoms with Gasteiger partial charge < -0.3 is 24.5 Å². The summed E-state index contributed by atoms with van der Waals surface area (Å²) in [6.07, 6.45) is 5.41. The Morgan fingerprint density at radius 1 is 1.18 bits per heavy atom. The molecule has 0 unspecified atom stereocenters. The van der Waals surface area contributed by atoms with Crippen LogP contribution in [0.1, 0.15) is 46.8 Å². The van der Waals surface area contributed by atoms with E-state index in [1.165, 1.54) is 0 Å². The summed E-state index contributed by atoms with van der Waals surface area (Å²) in [5, 5.41) is 3.99. The van der Waals surface area contributed by atoms with Crippen LogP contribution in [0.15, 0.2) is 42.1 Å². The lowest BCUT2D eigenvalue weighted by atomic mass is 9.94. The van der Waals surface area contributed by atoms with Gasteiger partial charge in [-0.05, 0) is 50.5 Å². The number of hydrogen-bond acceptors (Lipinski definition) is 5. The number of anilines is 1. The van der Waals surface area contributed by atoms with E-state index in [0.717, 1.165) is 38.9 Å². The SMILES string of the molecule is COc1c(C)c2c(c(OC)c1CC=C(C)CCC(=O)Nc1cccc3[nH]ccc13)C(=O)OC2. The van der Waals surface area contributed by atoms with Gasteiger partial charge in [-0.25, -0.2) is 4.79 Å². The molecule has 2 heterocycles. The Balaban J connectivity index is 1.46. The molecule has 0 atom stereocenters. The molecule has 2 N–H and O–H groups in total. The molecule has 1 aromatic heterocycles. The first-order valence-corrected chi connectivity index (χ1v) is 10.9. The number of amides is 1. The highest BCUT2D eigenvalue weighted by Crippen LogP contribution is 2.42. The fourth-order valence-corrected chi connectivity index (χ4v) is 4.33. The highest BCUT2D eigenvalue weighted by Gasteiger charge is 2.32. The number of benzene rings is 2. The molecule has 2 aromatic carbocycles. The normalized spacial score (nSPS) is 13.1. The summed E-state index contributed by atoms with van der Waals surface area (Å²) in [6.45, 7) is 4.15. The zero-order chi connectivity index (χ0) is 23.5. The topological polar surface area (TPSA) is 89.7 Å². The first kappa shape index (κ1) is 22.5. The van der Waals surface area contributed by atoms with E-state index in [4.69, 9.17) is 14.2 Å². The van der Waals surface area contributed by atoms with Crippen molar-refractivity contribution in [2.24, 2.45) is 0 Å². The number of hydrogen-bond donors (Lipinski definition) is 2. The van der Waals surface area contributed by atoms with E-state index in [2.05, 4.69) is 10.3 Å². The van der Waals surface area contributed by atoms with Crippen LogP contribution in [0.25, 0.3) is 10.9 Å². The second kappa shape index (κ2) is 9.40. The highest BCUT2D eigenvalue weighted by molar-refractivity contribution is 6.01. The van der Waals surface area contributed by atoms with Crippen molar-refractivity contribution in [2.75, 3.05) is 19.5 Å². The van der Waals surface area contributed by atoms with E-state index in [1.54, 1.807) is 14.2 Å². The van der Waals surface area contributed by atoms with Crippen molar-refractivity contribution in [1.82, 2.24) is 4.98 Å². The monoisotopic (exact) mass is 448 g/mol. The predicted molar refractivity (Wildman–Crippen MR) is 127 cm³/mol. The third kappa shape index (κ3) is 4.31. The molecule has 0 saturated carbocycles. The molecule has 172 valence electrons. The molecular weight excluding hydrogens is 420 g/mol. The summed E-state index contributed by atoms with van der Waals surface area (Å²) in [4.78, 5) is 27.9. The zero-order valence-corrected chi connectivity index (χ0v) is 19.3. The predicted octanol–water partition coefficient (Wildman–Crippen LogP) is 5.07. The molecule has 7 heteroatoms. The maximum Gasteiger partial charge on any atom is 0.342 e. The number of carbonyl (C=O) groups excluding carboxylic acids is 2. The van der Waals surface area contributed by atoms with E-state index in [9.17, 15) is 9.59 Å². The Bertz CT molecular complexity index is 1260. The lowest BCUT2D eigenvalue weighted by molar-refractivity contribution is -0.116. The molecule has 0 spiro atoms. The Morgan fingerprint density at radius 2 is 1.97 bits per heavy atom. The van der Waals surface area contributed by atoms with Gasteiger partial charge in [-0.15, -0.1) is 0 Å². The second-order valence-electron chi connectivity index (χ2n) is 8.15. The van der Waals surface area contributed by atoms with Gasteiger partial charge in [-0.3, -0.25) is 4.79 Å². The molecule has 4 rings (SSSR count). The van der Waals surface area contributed by atoms with Crippen LogP contribution in [0.4, 0.5) is 5.69 Å². The number of cyclic esters (lactones) is 1. The third-order valence-corrected chi connectivity index (χ3v) is 6.10. The van der Waals surface area contributed by atoms with Crippen molar-refractivity contribution in [1.29, 1.82) is 0 Å². The van der Waals surface area contributed by atoms with Crippen molar-refractivity contribution < 1.29 is 23.8 Å². The average molecular weight is 449 g/mol. The summed E-state index contributed by atoms with van der Waals surface area (Å²) in [6, 6.07) is 7.73. The number of nitrogens with one attached hydrogen (secondary N) is 2. The van der Waals surface area contributed by atoms with E-state index < -0.39 is 0 Å². The van der Waals surface area contributed by atoms with Crippen LogP contribution in [0.2, 0.25) is 0 Å². The van der Waals surface area contributed by atoms with Gasteiger partial charge in [0.2, 0.25) is 5.91 Å². The molecule has 0 fully saturated rings. The van der Waals surface area contributed by atoms with Crippen LogP contribution in [-0.2, 0) is 22.6 Å². The number of H-pyrrole nitrogens is 1. The van der Waals surface area contributed by atoms with Gasteiger partial charge in [0.25, 0.3) is 0 Å². The Kier molecular flexibility index (Phi) is 6.40. The van der Waals surface area contributed by atoms with Crippen molar-refractivity contribution >= 4 is 28.5 Å². The molecule has 7 nitrogen and oxygen atoms in total. The minimum absolute atomic E-state index is 0.0391. The molecule has 1 aliphatic heterocycles. The number of esters is 1. The number of methoxy groups -OCH3 is 2. The van der Waals surface area contributed by atoms with Gasteiger partial charge in [0, 0.05) is 34.6 Å². The number of allylic oxidation sites excluding steroid dienone is 2. The van der Waals surface area contributed by atoms with Crippen LogP contribution in [-0.4, -0.2) is 31.1 Å².